The fourth-order valence-electron chi connectivity index (χ4n) is 3.24. The Morgan fingerprint density at radius 1 is 1.03 bits per heavy atom. The molecule has 0 radical (unpaired) electrons. The first-order valence-corrected chi connectivity index (χ1v) is 9.64. The summed E-state index contributed by atoms with van der Waals surface area (Å²) in [6.45, 7) is 2.58. The highest BCUT2D eigenvalue weighted by molar-refractivity contribution is 6.22. The van der Waals surface area contributed by atoms with Crippen LogP contribution in [0.25, 0.3) is 0 Å². The lowest BCUT2D eigenvalue weighted by Crippen LogP contribution is -2.28. The average molecular weight is 404 g/mol. The zero-order valence-electron chi connectivity index (χ0n) is 16.4. The van der Waals surface area contributed by atoms with Gasteiger partial charge in [-0.3, -0.25) is 19.3 Å². The smallest absolute Gasteiger partial charge is 0.261 e. The van der Waals surface area contributed by atoms with Gasteiger partial charge in [0.2, 0.25) is 0 Å². The number of carbonyl (C=O) groups excluding carboxylic acids is 3. The van der Waals surface area contributed by atoms with Crippen LogP contribution >= 0.6 is 0 Å². The van der Waals surface area contributed by atoms with E-state index in [9.17, 15) is 14.4 Å². The number of nitrogens with one attached hydrogen (secondary N) is 1. The van der Waals surface area contributed by atoms with Crippen LogP contribution in [0.15, 0.2) is 65.3 Å². The quantitative estimate of drug-likeness (QED) is 0.599. The number of furan rings is 1. The van der Waals surface area contributed by atoms with E-state index >= 15 is 0 Å². The zero-order chi connectivity index (χ0) is 21.1. The van der Waals surface area contributed by atoms with E-state index in [1.54, 1.807) is 30.3 Å². The first-order chi connectivity index (χ1) is 14.6. The number of anilines is 1. The molecule has 30 heavy (non-hydrogen) atoms. The molecule has 2 heterocycles. The van der Waals surface area contributed by atoms with Gasteiger partial charge in [0.1, 0.15) is 11.5 Å². The van der Waals surface area contributed by atoms with Gasteiger partial charge in [-0.05, 0) is 48.9 Å². The second kappa shape index (κ2) is 8.24. The first kappa shape index (κ1) is 19.4. The Morgan fingerprint density at radius 2 is 1.83 bits per heavy atom. The summed E-state index contributed by atoms with van der Waals surface area (Å²) in [6.07, 6.45) is 2.33. The maximum atomic E-state index is 12.8. The number of para-hydroxylation sites is 2. The van der Waals surface area contributed by atoms with Crippen molar-refractivity contribution in [2.75, 3.05) is 11.9 Å². The van der Waals surface area contributed by atoms with E-state index in [0.717, 1.165) is 11.3 Å². The number of rotatable bonds is 7. The number of fused-ring (bicyclic) bond motifs is 1. The number of hydrogen-bond acceptors (Lipinski definition) is 5. The van der Waals surface area contributed by atoms with E-state index < -0.39 is 17.7 Å². The third-order valence-electron chi connectivity index (χ3n) is 4.72. The molecular formula is C23H20N2O5. The lowest BCUT2D eigenvalue weighted by Gasteiger charge is -2.12. The molecule has 2 aromatic carbocycles. The van der Waals surface area contributed by atoms with E-state index in [1.165, 1.54) is 24.5 Å². The summed E-state index contributed by atoms with van der Waals surface area (Å²) >= 11 is 0. The largest absolute Gasteiger partial charge is 0.491 e. The van der Waals surface area contributed by atoms with Crippen molar-refractivity contribution in [2.24, 2.45) is 0 Å². The molecule has 0 spiro atoms. The Balaban J connectivity index is 1.54. The van der Waals surface area contributed by atoms with E-state index in [1.807, 2.05) is 13.0 Å². The maximum Gasteiger partial charge on any atom is 0.261 e. The van der Waals surface area contributed by atoms with Crippen molar-refractivity contribution in [2.45, 2.75) is 19.9 Å². The Morgan fingerprint density at radius 3 is 2.60 bits per heavy atom. The van der Waals surface area contributed by atoms with Gasteiger partial charge in [0.15, 0.2) is 0 Å². The molecule has 1 aliphatic heterocycles. The first-order valence-electron chi connectivity index (χ1n) is 9.64. The fraction of sp³-hybridized carbons (Fsp3) is 0.174. The monoisotopic (exact) mass is 404 g/mol. The molecule has 0 aliphatic carbocycles. The Hall–Kier alpha value is -3.87. The van der Waals surface area contributed by atoms with Crippen LogP contribution in [0.4, 0.5) is 5.69 Å². The molecule has 0 bridgehead atoms. The predicted octanol–water partition coefficient (Wildman–Crippen LogP) is 4.12. The van der Waals surface area contributed by atoms with Gasteiger partial charge < -0.3 is 14.5 Å². The number of nitrogens with zero attached hydrogens (tertiary/aromatic N) is 1. The molecule has 1 aromatic heterocycles. The van der Waals surface area contributed by atoms with Gasteiger partial charge in [0.05, 0.1) is 36.2 Å². The van der Waals surface area contributed by atoms with Crippen LogP contribution in [0.1, 0.15) is 50.2 Å². The Kier molecular flexibility index (Phi) is 5.34. The van der Waals surface area contributed by atoms with E-state index in [-0.39, 0.29) is 23.2 Å². The number of carbonyl (C=O) groups is 3. The number of amides is 3. The van der Waals surface area contributed by atoms with Crippen LogP contribution in [-0.2, 0) is 6.54 Å². The molecule has 1 N–H and O–H groups in total. The van der Waals surface area contributed by atoms with Crippen molar-refractivity contribution >= 4 is 23.4 Å². The highest BCUT2D eigenvalue weighted by atomic mass is 16.5. The fourth-order valence-corrected chi connectivity index (χ4v) is 3.24. The van der Waals surface area contributed by atoms with Gasteiger partial charge in [-0.2, -0.15) is 0 Å². The van der Waals surface area contributed by atoms with Crippen molar-refractivity contribution in [1.29, 1.82) is 0 Å². The van der Waals surface area contributed by atoms with Crippen molar-refractivity contribution in [3.8, 4) is 5.75 Å². The summed E-state index contributed by atoms with van der Waals surface area (Å²) in [4.78, 5) is 39.2. The minimum absolute atomic E-state index is 0.0447. The molecule has 1 aliphatic rings. The van der Waals surface area contributed by atoms with Crippen molar-refractivity contribution in [3.05, 3.63) is 83.3 Å². The van der Waals surface area contributed by atoms with Gasteiger partial charge in [0.25, 0.3) is 17.7 Å². The summed E-state index contributed by atoms with van der Waals surface area (Å²) in [5.41, 5.74) is 1.29. The lowest BCUT2D eigenvalue weighted by atomic mass is 10.1. The van der Waals surface area contributed by atoms with Crippen LogP contribution in [0, 0.1) is 0 Å². The molecule has 0 unspecified atom stereocenters. The van der Waals surface area contributed by atoms with Crippen LogP contribution in [-0.4, -0.2) is 29.2 Å². The standard InChI is InChI=1S/C23H20N2O5/c1-2-11-30-20-8-4-3-7-19(20)24-21(26)15-9-10-17-18(13-15)23(28)25(22(17)27)14-16-6-5-12-29-16/h3-10,12-13H,2,11,14H2,1H3,(H,24,26). The molecule has 3 aromatic rings. The normalized spacial score (nSPS) is 12.8. The minimum Gasteiger partial charge on any atom is -0.491 e. The van der Waals surface area contributed by atoms with E-state index in [4.69, 9.17) is 9.15 Å². The molecule has 3 amide bonds. The summed E-state index contributed by atoms with van der Waals surface area (Å²) in [5.74, 6) is -0.171. The molecule has 0 atom stereocenters. The SMILES string of the molecule is CCCOc1ccccc1NC(=O)c1ccc2c(c1)C(=O)N(Cc1ccco1)C2=O. The van der Waals surface area contributed by atoms with Gasteiger partial charge in [-0.25, -0.2) is 0 Å². The van der Waals surface area contributed by atoms with E-state index in [0.29, 0.717) is 23.8 Å². The molecule has 152 valence electrons. The van der Waals surface area contributed by atoms with Gasteiger partial charge >= 0.3 is 0 Å². The predicted molar refractivity (Wildman–Crippen MR) is 110 cm³/mol. The topological polar surface area (TPSA) is 88.8 Å². The van der Waals surface area contributed by atoms with Crippen molar-refractivity contribution in [3.63, 3.8) is 0 Å². The second-order valence-corrected chi connectivity index (χ2v) is 6.83. The van der Waals surface area contributed by atoms with Crippen LogP contribution in [0.5, 0.6) is 5.75 Å². The zero-order valence-corrected chi connectivity index (χ0v) is 16.4. The van der Waals surface area contributed by atoms with Gasteiger partial charge in [-0.1, -0.05) is 19.1 Å². The molecule has 7 nitrogen and oxygen atoms in total. The number of ether oxygens (including phenoxy) is 1. The highest BCUT2D eigenvalue weighted by Crippen LogP contribution is 2.28. The van der Waals surface area contributed by atoms with Crippen molar-refractivity contribution in [1.82, 2.24) is 4.90 Å². The summed E-state index contributed by atoms with van der Waals surface area (Å²) in [6, 6.07) is 15.0. The van der Waals surface area contributed by atoms with Crippen molar-refractivity contribution < 1.29 is 23.5 Å². The molecule has 0 saturated carbocycles. The molecule has 0 fully saturated rings. The second-order valence-electron chi connectivity index (χ2n) is 6.83. The number of imide groups is 1. The third kappa shape index (κ3) is 3.69. The summed E-state index contributed by atoms with van der Waals surface area (Å²) < 4.78 is 10.9. The number of hydrogen-bond donors (Lipinski definition) is 1. The number of benzene rings is 2. The van der Waals surface area contributed by atoms with Crippen LogP contribution in [0.3, 0.4) is 0 Å². The Bertz CT molecular complexity index is 1100. The lowest BCUT2D eigenvalue weighted by molar-refractivity contribution is 0.0631. The van der Waals surface area contributed by atoms with Gasteiger partial charge in [0, 0.05) is 5.56 Å². The molecule has 7 heteroatoms. The molecule has 4 rings (SSSR count). The summed E-state index contributed by atoms with van der Waals surface area (Å²) in [7, 11) is 0. The summed E-state index contributed by atoms with van der Waals surface area (Å²) in [5, 5.41) is 2.81. The molecule has 0 saturated heterocycles. The van der Waals surface area contributed by atoms with Gasteiger partial charge in [-0.15, -0.1) is 0 Å². The highest BCUT2D eigenvalue weighted by Gasteiger charge is 2.36. The minimum atomic E-state index is -0.451. The van der Waals surface area contributed by atoms with E-state index in [2.05, 4.69) is 5.32 Å². The average Bonchev–Trinajstić information content (AvgIpc) is 3.36. The Labute approximate surface area is 173 Å². The third-order valence-corrected chi connectivity index (χ3v) is 4.72. The maximum absolute atomic E-state index is 12.8. The van der Waals surface area contributed by atoms with Crippen LogP contribution < -0.4 is 10.1 Å². The van der Waals surface area contributed by atoms with Crippen LogP contribution in [0.2, 0.25) is 0 Å². The molecular weight excluding hydrogens is 384 g/mol.